The summed E-state index contributed by atoms with van der Waals surface area (Å²) in [5.74, 6) is -1.14. The van der Waals surface area contributed by atoms with Gasteiger partial charge in [-0.2, -0.15) is 5.10 Å². The van der Waals surface area contributed by atoms with E-state index in [9.17, 15) is 9.59 Å². The van der Waals surface area contributed by atoms with Crippen molar-refractivity contribution in [2.24, 2.45) is 0 Å². The van der Waals surface area contributed by atoms with Gasteiger partial charge in [0.25, 0.3) is 5.56 Å². The lowest BCUT2D eigenvalue weighted by molar-refractivity contribution is 0.0687. The molecule has 0 saturated carbocycles. The molecule has 0 aliphatic carbocycles. The number of carboxylic acid groups (broad SMARTS) is 1. The molecule has 1 N–H and O–H groups in total. The minimum absolute atomic E-state index is 0.123. The molecule has 2 aromatic rings. The van der Waals surface area contributed by atoms with Gasteiger partial charge in [0.2, 0.25) is 0 Å². The smallest absolute Gasteiger partial charge is 0.356 e. The van der Waals surface area contributed by atoms with Gasteiger partial charge < -0.3 is 5.11 Å². The second-order valence-corrected chi connectivity index (χ2v) is 4.99. The van der Waals surface area contributed by atoms with E-state index < -0.39 is 5.97 Å². The summed E-state index contributed by atoms with van der Waals surface area (Å²) >= 11 is 1.60. The van der Waals surface area contributed by atoms with Gasteiger partial charge in [-0.25, -0.2) is 9.48 Å². The first kappa shape index (κ1) is 12.5. The van der Waals surface area contributed by atoms with Gasteiger partial charge in [-0.1, -0.05) is 6.92 Å². The van der Waals surface area contributed by atoms with E-state index >= 15 is 0 Å². The molecule has 0 unspecified atom stereocenters. The van der Waals surface area contributed by atoms with E-state index in [2.05, 4.69) is 12.0 Å². The molecule has 6 heteroatoms. The third-order valence-electron chi connectivity index (χ3n) is 2.46. The lowest BCUT2D eigenvalue weighted by Gasteiger charge is -2.02. The Morgan fingerprint density at radius 1 is 1.33 bits per heavy atom. The molecule has 0 radical (unpaired) electrons. The number of aryl methyl sites for hydroxylation is 1. The first-order valence-corrected chi connectivity index (χ1v) is 6.31. The molecule has 0 spiro atoms. The molecular formula is C12H12N2O3S. The van der Waals surface area contributed by atoms with Crippen molar-refractivity contribution in [2.45, 2.75) is 19.9 Å². The summed E-state index contributed by atoms with van der Waals surface area (Å²) in [6.07, 6.45) is 0.947. The molecule has 0 aliphatic heterocycles. The van der Waals surface area contributed by atoms with Gasteiger partial charge in [-0.05, 0) is 24.6 Å². The summed E-state index contributed by atoms with van der Waals surface area (Å²) in [6.45, 7) is 2.37. The fraction of sp³-hybridized carbons (Fsp3) is 0.250. The van der Waals surface area contributed by atoms with Gasteiger partial charge in [0.15, 0.2) is 5.69 Å². The van der Waals surface area contributed by atoms with Crippen LogP contribution in [0.5, 0.6) is 0 Å². The van der Waals surface area contributed by atoms with Crippen LogP contribution in [0.25, 0.3) is 0 Å². The van der Waals surface area contributed by atoms with Crippen molar-refractivity contribution < 1.29 is 9.90 Å². The van der Waals surface area contributed by atoms with Crippen molar-refractivity contribution in [1.82, 2.24) is 9.78 Å². The zero-order valence-corrected chi connectivity index (χ0v) is 10.6. The monoisotopic (exact) mass is 264 g/mol. The first-order valence-electron chi connectivity index (χ1n) is 5.49. The molecule has 0 aromatic carbocycles. The largest absolute Gasteiger partial charge is 0.476 e. The number of aromatic carboxylic acids is 1. The van der Waals surface area contributed by atoms with Crippen LogP contribution in [-0.2, 0) is 13.0 Å². The summed E-state index contributed by atoms with van der Waals surface area (Å²) in [6, 6.07) is 6.38. The van der Waals surface area contributed by atoms with Crippen LogP contribution in [0.4, 0.5) is 0 Å². The predicted molar refractivity (Wildman–Crippen MR) is 68.3 cm³/mol. The summed E-state index contributed by atoms with van der Waals surface area (Å²) in [4.78, 5) is 24.6. The average molecular weight is 264 g/mol. The van der Waals surface area contributed by atoms with Crippen molar-refractivity contribution in [2.75, 3.05) is 0 Å². The second kappa shape index (κ2) is 5.14. The zero-order chi connectivity index (χ0) is 13.1. The number of hydrogen-bond acceptors (Lipinski definition) is 4. The normalized spacial score (nSPS) is 10.5. The van der Waals surface area contributed by atoms with Crippen LogP contribution >= 0.6 is 11.3 Å². The van der Waals surface area contributed by atoms with E-state index in [1.165, 1.54) is 21.7 Å². The molecule has 18 heavy (non-hydrogen) atoms. The molecule has 5 nitrogen and oxygen atoms in total. The van der Waals surface area contributed by atoms with Gasteiger partial charge in [0, 0.05) is 15.8 Å². The third kappa shape index (κ3) is 2.65. The van der Waals surface area contributed by atoms with Crippen molar-refractivity contribution >= 4 is 17.3 Å². The Bertz CT molecular complexity index is 630. The highest BCUT2D eigenvalue weighted by Gasteiger charge is 2.08. The van der Waals surface area contributed by atoms with Crippen LogP contribution in [0, 0.1) is 0 Å². The van der Waals surface area contributed by atoms with Crippen LogP contribution in [-0.4, -0.2) is 20.9 Å². The molecule has 2 heterocycles. The SMILES string of the molecule is CCc1ccc(Cn2nc(C(=O)O)ccc2=O)s1. The maximum absolute atomic E-state index is 11.6. The second-order valence-electron chi connectivity index (χ2n) is 3.74. The predicted octanol–water partition coefficient (Wildman–Crippen LogP) is 1.61. The Morgan fingerprint density at radius 3 is 2.67 bits per heavy atom. The Labute approximate surface area is 107 Å². The fourth-order valence-corrected chi connectivity index (χ4v) is 2.46. The summed E-state index contributed by atoms with van der Waals surface area (Å²) in [5, 5.41) is 12.6. The maximum atomic E-state index is 11.6. The van der Waals surface area contributed by atoms with Crippen LogP contribution in [0.2, 0.25) is 0 Å². The molecule has 0 bridgehead atoms. The van der Waals surface area contributed by atoms with E-state index in [1.807, 2.05) is 12.1 Å². The summed E-state index contributed by atoms with van der Waals surface area (Å²) in [5.41, 5.74) is -0.423. The van der Waals surface area contributed by atoms with Gasteiger partial charge >= 0.3 is 5.97 Å². The molecule has 0 fully saturated rings. The highest BCUT2D eigenvalue weighted by atomic mass is 32.1. The maximum Gasteiger partial charge on any atom is 0.356 e. The lowest BCUT2D eigenvalue weighted by atomic mass is 10.3. The van der Waals surface area contributed by atoms with Gasteiger partial charge in [-0.15, -0.1) is 11.3 Å². The van der Waals surface area contributed by atoms with E-state index in [0.717, 1.165) is 11.3 Å². The molecule has 0 amide bonds. The minimum atomic E-state index is -1.14. The molecule has 2 aromatic heterocycles. The average Bonchev–Trinajstić information content (AvgIpc) is 2.79. The molecule has 0 saturated heterocycles. The molecule has 0 aliphatic rings. The fourth-order valence-electron chi connectivity index (χ4n) is 1.52. The number of thiophene rings is 1. The Balaban J connectivity index is 2.30. The van der Waals surface area contributed by atoms with Crippen LogP contribution in [0.15, 0.2) is 29.1 Å². The number of carboxylic acids is 1. The van der Waals surface area contributed by atoms with Crippen molar-refractivity contribution in [3.05, 3.63) is 50.1 Å². The molecule has 94 valence electrons. The molecule has 2 rings (SSSR count). The first-order chi connectivity index (χ1) is 8.60. The highest BCUT2D eigenvalue weighted by molar-refractivity contribution is 7.11. The standard InChI is InChI=1S/C12H12N2O3S/c1-2-8-3-4-9(18-8)7-14-11(15)6-5-10(13-14)12(16)17/h3-6H,2,7H2,1H3,(H,16,17). The van der Waals surface area contributed by atoms with Gasteiger partial charge in [0.1, 0.15) is 0 Å². The topological polar surface area (TPSA) is 72.2 Å². The number of rotatable bonds is 4. The molecular weight excluding hydrogens is 252 g/mol. The van der Waals surface area contributed by atoms with Gasteiger partial charge in [-0.3, -0.25) is 4.79 Å². The Morgan fingerprint density at radius 2 is 2.06 bits per heavy atom. The van der Waals surface area contributed by atoms with E-state index in [-0.39, 0.29) is 11.3 Å². The third-order valence-corrected chi connectivity index (χ3v) is 3.67. The van der Waals surface area contributed by atoms with Crippen molar-refractivity contribution in [1.29, 1.82) is 0 Å². The highest BCUT2D eigenvalue weighted by Crippen LogP contribution is 2.17. The number of aromatic nitrogens is 2. The van der Waals surface area contributed by atoms with Crippen molar-refractivity contribution in [3.63, 3.8) is 0 Å². The minimum Gasteiger partial charge on any atom is -0.476 e. The zero-order valence-electron chi connectivity index (χ0n) is 9.79. The van der Waals surface area contributed by atoms with E-state index in [0.29, 0.717) is 6.54 Å². The summed E-state index contributed by atoms with van der Waals surface area (Å²) < 4.78 is 1.18. The summed E-state index contributed by atoms with van der Waals surface area (Å²) in [7, 11) is 0. The van der Waals surface area contributed by atoms with Crippen LogP contribution in [0.1, 0.15) is 27.2 Å². The number of hydrogen-bond donors (Lipinski definition) is 1. The Kier molecular flexibility index (Phi) is 3.57. The van der Waals surface area contributed by atoms with Gasteiger partial charge in [0.05, 0.1) is 6.54 Å². The van der Waals surface area contributed by atoms with Crippen LogP contribution < -0.4 is 5.56 Å². The van der Waals surface area contributed by atoms with E-state index in [1.54, 1.807) is 11.3 Å². The lowest BCUT2D eigenvalue weighted by Crippen LogP contribution is -2.24. The molecule has 0 atom stereocenters. The number of carbonyl (C=O) groups is 1. The van der Waals surface area contributed by atoms with Crippen molar-refractivity contribution in [3.8, 4) is 0 Å². The van der Waals surface area contributed by atoms with E-state index in [4.69, 9.17) is 5.11 Å². The number of nitrogens with zero attached hydrogens (tertiary/aromatic N) is 2. The Hall–Kier alpha value is -1.95. The quantitative estimate of drug-likeness (QED) is 0.910. The van der Waals surface area contributed by atoms with Crippen LogP contribution in [0.3, 0.4) is 0 Å².